The molecule has 0 saturated heterocycles. The van der Waals surface area contributed by atoms with Gasteiger partial charge in [-0.25, -0.2) is 0 Å². The SMILES string of the molecule is COC(=O)C[C@H](C)[C@H](C)C#N. The molecule has 0 aromatic heterocycles. The van der Waals surface area contributed by atoms with Gasteiger partial charge in [-0.05, 0) is 12.8 Å². The highest BCUT2D eigenvalue weighted by Gasteiger charge is 2.15. The number of carbonyl (C=O) groups excluding carboxylic acids is 1. The Kier molecular flexibility index (Phi) is 4.28. The summed E-state index contributed by atoms with van der Waals surface area (Å²) in [6.07, 6.45) is 0.325. The molecule has 0 radical (unpaired) electrons. The molecular formula is C8H13NO2. The first kappa shape index (κ1) is 9.96. The number of carbonyl (C=O) groups is 1. The summed E-state index contributed by atoms with van der Waals surface area (Å²) < 4.78 is 4.47. The second-order valence-electron chi connectivity index (χ2n) is 2.68. The third kappa shape index (κ3) is 3.61. The maximum Gasteiger partial charge on any atom is 0.305 e. The smallest absolute Gasteiger partial charge is 0.305 e. The molecule has 3 nitrogen and oxygen atoms in total. The van der Waals surface area contributed by atoms with Gasteiger partial charge in [0.05, 0.1) is 13.2 Å². The topological polar surface area (TPSA) is 50.1 Å². The zero-order valence-corrected chi connectivity index (χ0v) is 7.13. The second kappa shape index (κ2) is 4.73. The van der Waals surface area contributed by atoms with Gasteiger partial charge in [-0.3, -0.25) is 4.79 Å². The molecule has 0 saturated carbocycles. The number of nitrogens with zero attached hydrogens (tertiary/aromatic N) is 1. The number of esters is 1. The van der Waals surface area contributed by atoms with Crippen LogP contribution in [0.15, 0.2) is 0 Å². The summed E-state index contributed by atoms with van der Waals surface area (Å²) in [5, 5.41) is 8.49. The number of hydrogen-bond donors (Lipinski definition) is 0. The minimum absolute atomic E-state index is 0.0763. The molecule has 0 aromatic rings. The third-order valence-corrected chi connectivity index (χ3v) is 1.77. The van der Waals surface area contributed by atoms with Crippen LogP contribution < -0.4 is 0 Å². The molecule has 0 bridgehead atoms. The standard InChI is InChI=1S/C8H13NO2/c1-6(7(2)5-9)4-8(10)11-3/h6-7H,4H2,1-3H3/t6-,7+/m0/s1. The fraction of sp³-hybridized carbons (Fsp3) is 0.750. The van der Waals surface area contributed by atoms with Crippen LogP contribution in [0.1, 0.15) is 20.3 Å². The van der Waals surface area contributed by atoms with Crippen molar-refractivity contribution in [1.82, 2.24) is 0 Å². The normalized spacial score (nSPS) is 14.7. The Morgan fingerprint density at radius 2 is 2.18 bits per heavy atom. The number of methoxy groups -OCH3 is 1. The summed E-state index contributed by atoms with van der Waals surface area (Å²) >= 11 is 0. The van der Waals surface area contributed by atoms with Crippen molar-refractivity contribution in [2.45, 2.75) is 20.3 Å². The molecule has 0 N–H and O–H groups in total. The van der Waals surface area contributed by atoms with Gasteiger partial charge < -0.3 is 4.74 Å². The van der Waals surface area contributed by atoms with E-state index in [-0.39, 0.29) is 17.8 Å². The zero-order chi connectivity index (χ0) is 8.85. The lowest BCUT2D eigenvalue weighted by molar-refractivity contribution is -0.141. The van der Waals surface area contributed by atoms with Crippen LogP contribution in [0, 0.1) is 23.2 Å². The minimum Gasteiger partial charge on any atom is -0.469 e. The highest BCUT2D eigenvalue weighted by atomic mass is 16.5. The van der Waals surface area contributed by atoms with E-state index in [9.17, 15) is 4.79 Å². The van der Waals surface area contributed by atoms with Crippen molar-refractivity contribution < 1.29 is 9.53 Å². The van der Waals surface area contributed by atoms with Crippen LogP contribution in [-0.4, -0.2) is 13.1 Å². The number of ether oxygens (including phenoxy) is 1. The molecule has 3 heteroatoms. The zero-order valence-electron chi connectivity index (χ0n) is 7.13. The molecule has 0 amide bonds. The Hall–Kier alpha value is -1.04. The first-order valence-electron chi connectivity index (χ1n) is 3.58. The summed E-state index contributed by atoms with van der Waals surface area (Å²) in [6, 6.07) is 2.09. The Morgan fingerprint density at radius 3 is 2.55 bits per heavy atom. The van der Waals surface area contributed by atoms with Gasteiger partial charge in [-0.1, -0.05) is 6.92 Å². The van der Waals surface area contributed by atoms with E-state index in [2.05, 4.69) is 10.8 Å². The maximum atomic E-state index is 10.7. The second-order valence-corrected chi connectivity index (χ2v) is 2.68. The predicted octanol–water partition coefficient (Wildman–Crippen LogP) is 1.35. The van der Waals surface area contributed by atoms with Gasteiger partial charge in [0.25, 0.3) is 0 Å². The predicted molar refractivity (Wildman–Crippen MR) is 40.6 cm³/mol. The Balaban J connectivity index is 3.79. The average molecular weight is 155 g/mol. The minimum atomic E-state index is -0.250. The van der Waals surface area contributed by atoms with Crippen molar-refractivity contribution in [1.29, 1.82) is 5.26 Å². The van der Waals surface area contributed by atoms with Crippen molar-refractivity contribution in [3.05, 3.63) is 0 Å². The molecule has 0 rings (SSSR count). The highest BCUT2D eigenvalue weighted by Crippen LogP contribution is 2.13. The van der Waals surface area contributed by atoms with Crippen molar-refractivity contribution in [3.8, 4) is 6.07 Å². The first-order chi connectivity index (χ1) is 5.11. The summed E-state index contributed by atoms with van der Waals surface area (Å²) in [7, 11) is 1.35. The molecule has 0 unspecified atom stereocenters. The molecule has 0 aromatic carbocycles. The largest absolute Gasteiger partial charge is 0.469 e. The van der Waals surface area contributed by atoms with Gasteiger partial charge in [-0.15, -0.1) is 0 Å². The van der Waals surface area contributed by atoms with Crippen LogP contribution in [0.5, 0.6) is 0 Å². The van der Waals surface area contributed by atoms with E-state index in [1.54, 1.807) is 6.92 Å². The van der Waals surface area contributed by atoms with Gasteiger partial charge in [0.1, 0.15) is 0 Å². The van der Waals surface area contributed by atoms with Gasteiger partial charge in [0.15, 0.2) is 0 Å². The lowest BCUT2D eigenvalue weighted by Crippen LogP contribution is -2.12. The van der Waals surface area contributed by atoms with Crippen molar-refractivity contribution >= 4 is 5.97 Å². The van der Waals surface area contributed by atoms with Crippen LogP contribution in [0.25, 0.3) is 0 Å². The molecular weight excluding hydrogens is 142 g/mol. The van der Waals surface area contributed by atoms with Crippen molar-refractivity contribution in [2.24, 2.45) is 11.8 Å². The van der Waals surface area contributed by atoms with Gasteiger partial charge in [0, 0.05) is 12.3 Å². The van der Waals surface area contributed by atoms with Crippen molar-refractivity contribution in [3.63, 3.8) is 0 Å². The molecule has 2 atom stereocenters. The van der Waals surface area contributed by atoms with E-state index >= 15 is 0 Å². The molecule has 0 spiro atoms. The summed E-state index contributed by atoms with van der Waals surface area (Å²) in [6.45, 7) is 3.67. The average Bonchev–Trinajstić information content (AvgIpc) is 2.02. The van der Waals surface area contributed by atoms with Crippen LogP contribution in [0.3, 0.4) is 0 Å². The molecule has 0 aliphatic carbocycles. The third-order valence-electron chi connectivity index (χ3n) is 1.77. The highest BCUT2D eigenvalue weighted by molar-refractivity contribution is 5.69. The van der Waals surface area contributed by atoms with Crippen LogP contribution in [0.4, 0.5) is 0 Å². The van der Waals surface area contributed by atoms with Gasteiger partial charge in [-0.2, -0.15) is 5.26 Å². The van der Waals surface area contributed by atoms with E-state index in [1.165, 1.54) is 7.11 Å². The molecule has 0 fully saturated rings. The van der Waals surface area contributed by atoms with E-state index in [0.717, 1.165) is 0 Å². The van der Waals surface area contributed by atoms with Crippen LogP contribution in [0.2, 0.25) is 0 Å². The van der Waals surface area contributed by atoms with Gasteiger partial charge >= 0.3 is 5.97 Å². The summed E-state index contributed by atoms with van der Waals surface area (Å²) in [5.41, 5.74) is 0. The Labute approximate surface area is 67.0 Å². The summed E-state index contributed by atoms with van der Waals surface area (Å²) in [5.74, 6) is -0.263. The van der Waals surface area contributed by atoms with E-state index in [4.69, 9.17) is 5.26 Å². The Morgan fingerprint density at radius 1 is 1.64 bits per heavy atom. The maximum absolute atomic E-state index is 10.7. The summed E-state index contributed by atoms with van der Waals surface area (Å²) in [4.78, 5) is 10.7. The van der Waals surface area contributed by atoms with E-state index in [1.807, 2.05) is 6.92 Å². The first-order valence-corrected chi connectivity index (χ1v) is 3.58. The fourth-order valence-corrected chi connectivity index (χ4v) is 0.650. The number of hydrogen-bond acceptors (Lipinski definition) is 3. The van der Waals surface area contributed by atoms with Gasteiger partial charge in [0.2, 0.25) is 0 Å². The lowest BCUT2D eigenvalue weighted by atomic mass is 9.94. The Bertz CT molecular complexity index is 171. The van der Waals surface area contributed by atoms with E-state index < -0.39 is 0 Å². The van der Waals surface area contributed by atoms with Crippen LogP contribution >= 0.6 is 0 Å². The lowest BCUT2D eigenvalue weighted by Gasteiger charge is -2.10. The van der Waals surface area contributed by atoms with Crippen molar-refractivity contribution in [2.75, 3.05) is 7.11 Å². The van der Waals surface area contributed by atoms with Crippen LogP contribution in [-0.2, 0) is 9.53 Å². The molecule has 0 aliphatic rings. The molecule has 11 heavy (non-hydrogen) atoms. The van der Waals surface area contributed by atoms with E-state index in [0.29, 0.717) is 6.42 Å². The monoisotopic (exact) mass is 155 g/mol. The molecule has 0 heterocycles. The quantitative estimate of drug-likeness (QED) is 0.578. The molecule has 0 aliphatic heterocycles. The number of rotatable bonds is 3. The molecule has 62 valence electrons. The fourth-order valence-electron chi connectivity index (χ4n) is 0.650. The number of nitriles is 1.